The Morgan fingerprint density at radius 3 is 2.65 bits per heavy atom. The zero-order valence-corrected chi connectivity index (χ0v) is 20.4. The van der Waals surface area contributed by atoms with E-state index >= 15 is 0 Å². The quantitative estimate of drug-likeness (QED) is 0.432. The molecule has 0 saturated heterocycles. The molecule has 0 bridgehead atoms. The van der Waals surface area contributed by atoms with Gasteiger partial charge >= 0.3 is 0 Å². The first kappa shape index (κ1) is 22.4. The summed E-state index contributed by atoms with van der Waals surface area (Å²) in [5.41, 5.74) is 4.32. The minimum absolute atomic E-state index is 0.0980. The molecule has 174 valence electrons. The third-order valence-electron chi connectivity index (χ3n) is 6.68. The number of nitrogens with zero attached hydrogens (tertiary/aromatic N) is 4. The van der Waals surface area contributed by atoms with Crippen molar-refractivity contribution in [1.82, 2.24) is 24.5 Å². The number of hydrogen-bond donors (Lipinski definition) is 1. The van der Waals surface area contributed by atoms with Crippen LogP contribution >= 0.6 is 11.8 Å². The fourth-order valence-corrected chi connectivity index (χ4v) is 5.48. The van der Waals surface area contributed by atoms with E-state index in [0.29, 0.717) is 17.5 Å². The molecule has 1 aliphatic rings. The predicted molar refractivity (Wildman–Crippen MR) is 134 cm³/mol. The van der Waals surface area contributed by atoms with E-state index in [1.807, 2.05) is 48.5 Å². The largest absolute Gasteiger partial charge is 0.351 e. The molecule has 4 aromatic rings. The Labute approximate surface area is 202 Å². The van der Waals surface area contributed by atoms with Crippen molar-refractivity contribution in [1.29, 1.82) is 0 Å². The molecule has 5 rings (SSSR count). The highest BCUT2D eigenvalue weighted by Gasteiger charge is 2.38. The smallest absolute Gasteiger partial charge is 0.265 e. The van der Waals surface area contributed by atoms with Crippen LogP contribution in [0.4, 0.5) is 0 Å². The summed E-state index contributed by atoms with van der Waals surface area (Å²) in [4.78, 5) is 31.3. The van der Waals surface area contributed by atoms with Gasteiger partial charge in [-0.05, 0) is 24.0 Å². The van der Waals surface area contributed by atoms with Gasteiger partial charge in [0.25, 0.3) is 5.56 Å². The number of aryl methyl sites for hydroxylation is 1. The van der Waals surface area contributed by atoms with Gasteiger partial charge in [0.05, 0.1) is 17.0 Å². The van der Waals surface area contributed by atoms with Crippen LogP contribution in [0.5, 0.6) is 0 Å². The number of carbonyl (C=O) groups is 1. The Kier molecular flexibility index (Phi) is 5.77. The van der Waals surface area contributed by atoms with Gasteiger partial charge in [0, 0.05) is 24.6 Å². The topological polar surface area (TPSA) is 81.3 Å². The minimum atomic E-state index is -0.320. The second kappa shape index (κ2) is 8.76. The van der Waals surface area contributed by atoms with Crippen LogP contribution in [-0.4, -0.2) is 30.8 Å². The van der Waals surface area contributed by atoms with Crippen LogP contribution in [0.25, 0.3) is 17.0 Å². The molecule has 2 heterocycles. The van der Waals surface area contributed by atoms with Crippen molar-refractivity contribution in [2.24, 2.45) is 7.05 Å². The summed E-state index contributed by atoms with van der Waals surface area (Å²) in [5, 5.41) is 7.94. The van der Waals surface area contributed by atoms with Gasteiger partial charge in [0.1, 0.15) is 0 Å². The van der Waals surface area contributed by atoms with Gasteiger partial charge < -0.3 is 5.32 Å². The summed E-state index contributed by atoms with van der Waals surface area (Å²) >= 11 is 1.25. The number of hydrogen-bond acceptors (Lipinski definition) is 5. The summed E-state index contributed by atoms with van der Waals surface area (Å²) < 4.78 is 3.18. The molecule has 7 nitrogen and oxygen atoms in total. The second-order valence-electron chi connectivity index (χ2n) is 8.98. The first-order valence-corrected chi connectivity index (χ1v) is 12.4. The van der Waals surface area contributed by atoms with Gasteiger partial charge in [0.2, 0.25) is 11.7 Å². The molecule has 0 spiro atoms. The van der Waals surface area contributed by atoms with E-state index in [1.165, 1.54) is 17.3 Å². The van der Waals surface area contributed by atoms with Crippen molar-refractivity contribution in [2.75, 3.05) is 5.75 Å². The van der Waals surface area contributed by atoms with Crippen molar-refractivity contribution in [3.05, 3.63) is 81.6 Å². The Bertz CT molecular complexity index is 1440. The number of carbonyl (C=O) groups excluding carboxylic acids is 1. The van der Waals surface area contributed by atoms with Gasteiger partial charge in [-0.15, -0.1) is 5.10 Å². The lowest BCUT2D eigenvalue weighted by atomic mass is 9.69. The lowest BCUT2D eigenvalue weighted by Gasteiger charge is -2.34. The molecule has 0 saturated carbocycles. The molecule has 2 aromatic heterocycles. The molecule has 0 fully saturated rings. The highest BCUT2D eigenvalue weighted by molar-refractivity contribution is 7.99. The number of rotatable bonds is 6. The number of benzene rings is 2. The average molecular weight is 474 g/mol. The Morgan fingerprint density at radius 1 is 1.15 bits per heavy atom. The average Bonchev–Trinajstić information content (AvgIpc) is 3.17. The van der Waals surface area contributed by atoms with Gasteiger partial charge in [-0.2, -0.15) is 0 Å². The normalized spacial score (nSPS) is 16.8. The van der Waals surface area contributed by atoms with E-state index in [4.69, 9.17) is 4.98 Å². The second-order valence-corrected chi connectivity index (χ2v) is 9.92. The summed E-state index contributed by atoms with van der Waals surface area (Å²) in [5.74, 6) is 0.529. The van der Waals surface area contributed by atoms with Crippen LogP contribution in [0, 0.1) is 0 Å². The van der Waals surface area contributed by atoms with Crippen molar-refractivity contribution in [2.45, 2.75) is 43.8 Å². The zero-order valence-electron chi connectivity index (χ0n) is 19.5. The molecule has 1 N–H and O–H groups in total. The number of amides is 1. The van der Waals surface area contributed by atoms with E-state index in [9.17, 15) is 9.59 Å². The lowest BCUT2D eigenvalue weighted by Crippen LogP contribution is -2.38. The molecule has 1 amide bonds. The van der Waals surface area contributed by atoms with E-state index in [0.717, 1.165) is 35.2 Å². The predicted octanol–water partition coefficient (Wildman–Crippen LogP) is 3.73. The maximum absolute atomic E-state index is 13.9. The maximum Gasteiger partial charge on any atom is 0.265 e. The van der Waals surface area contributed by atoms with Crippen molar-refractivity contribution in [3.63, 3.8) is 0 Å². The first-order chi connectivity index (χ1) is 16.4. The van der Waals surface area contributed by atoms with Gasteiger partial charge in [-0.3, -0.25) is 9.59 Å². The molecule has 2 aromatic carbocycles. The lowest BCUT2D eigenvalue weighted by molar-refractivity contribution is -0.118. The van der Waals surface area contributed by atoms with Crippen molar-refractivity contribution >= 4 is 23.4 Å². The van der Waals surface area contributed by atoms with Gasteiger partial charge in [0.15, 0.2) is 5.16 Å². The summed E-state index contributed by atoms with van der Waals surface area (Å²) in [6.45, 7) is 4.71. The number of fused-ring (bicyclic) bond motifs is 4. The van der Waals surface area contributed by atoms with Crippen molar-refractivity contribution < 1.29 is 4.79 Å². The molecule has 1 atom stereocenters. The SMILES string of the molecule is CC[C@]1(C)Cc2ccccc2-c2nc3n(C)nc(SCC(=O)NCc4ccccc4)n3c(=O)c21. The fraction of sp³-hybridized carbons (Fsp3) is 0.308. The summed E-state index contributed by atoms with van der Waals surface area (Å²) in [7, 11) is 1.78. The van der Waals surface area contributed by atoms with Gasteiger partial charge in [-0.25, -0.2) is 14.1 Å². The molecule has 0 aliphatic heterocycles. The summed E-state index contributed by atoms with van der Waals surface area (Å²) in [6, 6.07) is 17.9. The Morgan fingerprint density at radius 2 is 1.88 bits per heavy atom. The molecule has 0 unspecified atom stereocenters. The molecule has 1 aliphatic carbocycles. The Balaban J connectivity index is 1.49. The minimum Gasteiger partial charge on any atom is -0.351 e. The van der Waals surface area contributed by atoms with Crippen LogP contribution in [0.2, 0.25) is 0 Å². The van der Waals surface area contributed by atoms with Crippen LogP contribution in [0.1, 0.15) is 37.0 Å². The molecule has 8 heteroatoms. The molecule has 0 radical (unpaired) electrons. The third kappa shape index (κ3) is 3.81. The summed E-state index contributed by atoms with van der Waals surface area (Å²) in [6.07, 6.45) is 1.61. The van der Waals surface area contributed by atoms with Crippen LogP contribution in [0.15, 0.2) is 64.5 Å². The standard InChI is InChI=1S/C26H27N5O2S/c1-4-26(2)14-18-12-8-9-13-19(18)22-21(26)23(33)31-24(28-22)30(3)29-25(31)34-16-20(32)27-15-17-10-6-5-7-11-17/h5-13H,4,14-16H2,1-3H3,(H,27,32)/t26-/m1/s1. The van der Waals surface area contributed by atoms with Gasteiger partial charge in [-0.1, -0.05) is 80.2 Å². The highest BCUT2D eigenvalue weighted by atomic mass is 32.2. The molecular weight excluding hydrogens is 446 g/mol. The number of nitrogens with one attached hydrogen (secondary N) is 1. The maximum atomic E-state index is 13.9. The zero-order chi connectivity index (χ0) is 23.9. The number of thioether (sulfide) groups is 1. The highest BCUT2D eigenvalue weighted by Crippen LogP contribution is 2.42. The van der Waals surface area contributed by atoms with Crippen molar-refractivity contribution in [3.8, 4) is 11.3 Å². The van der Waals surface area contributed by atoms with E-state index in [-0.39, 0.29) is 22.6 Å². The molecular formula is C26H27N5O2S. The number of aromatic nitrogens is 4. The Hall–Kier alpha value is -3.39. The van der Waals surface area contributed by atoms with Crippen LogP contribution in [-0.2, 0) is 30.2 Å². The monoisotopic (exact) mass is 473 g/mol. The first-order valence-electron chi connectivity index (χ1n) is 11.4. The van der Waals surface area contributed by atoms with E-state index in [1.54, 1.807) is 16.1 Å². The molecule has 34 heavy (non-hydrogen) atoms. The van der Waals surface area contributed by atoms with E-state index < -0.39 is 0 Å². The fourth-order valence-electron chi connectivity index (χ4n) is 4.64. The van der Waals surface area contributed by atoms with Crippen LogP contribution in [0.3, 0.4) is 0 Å². The van der Waals surface area contributed by atoms with Crippen LogP contribution < -0.4 is 10.9 Å². The third-order valence-corrected chi connectivity index (χ3v) is 7.61. The van der Waals surface area contributed by atoms with E-state index in [2.05, 4.69) is 30.3 Å².